The van der Waals surface area contributed by atoms with Gasteiger partial charge in [0.25, 0.3) is 11.7 Å². The largest absolute Gasteiger partial charge is 0.507 e. The minimum absolute atomic E-state index is 0.0827. The van der Waals surface area contributed by atoms with Crippen molar-refractivity contribution in [2.45, 2.75) is 39.8 Å². The molecule has 34 heavy (non-hydrogen) atoms. The van der Waals surface area contributed by atoms with E-state index in [2.05, 4.69) is 4.98 Å². The van der Waals surface area contributed by atoms with Gasteiger partial charge in [-0.15, -0.1) is 0 Å². The Bertz CT molecular complexity index is 1230. The van der Waals surface area contributed by atoms with Crippen LogP contribution in [0.4, 0.5) is 0 Å². The molecule has 0 radical (unpaired) electrons. The van der Waals surface area contributed by atoms with E-state index in [1.807, 2.05) is 51.1 Å². The van der Waals surface area contributed by atoms with Crippen LogP contribution in [0.5, 0.6) is 5.75 Å². The molecule has 1 atom stereocenters. The van der Waals surface area contributed by atoms with Crippen LogP contribution in [0.2, 0.25) is 0 Å². The Morgan fingerprint density at radius 2 is 1.85 bits per heavy atom. The zero-order valence-electron chi connectivity index (χ0n) is 19.6. The summed E-state index contributed by atoms with van der Waals surface area (Å²) in [6, 6.07) is 15.9. The summed E-state index contributed by atoms with van der Waals surface area (Å²) >= 11 is 0. The summed E-state index contributed by atoms with van der Waals surface area (Å²) in [5.74, 6) is -0.806. The summed E-state index contributed by atoms with van der Waals surface area (Å²) in [7, 11) is 0. The zero-order valence-corrected chi connectivity index (χ0v) is 19.6. The second-order valence-corrected chi connectivity index (χ2v) is 8.53. The maximum atomic E-state index is 13.2. The number of aromatic nitrogens is 1. The third-order valence-electron chi connectivity index (χ3n) is 5.92. The second kappa shape index (κ2) is 9.91. The molecule has 3 aromatic rings. The fraction of sp³-hybridized carbons (Fsp3) is 0.250. The highest BCUT2D eigenvalue weighted by molar-refractivity contribution is 6.46. The molecule has 0 bridgehead atoms. The summed E-state index contributed by atoms with van der Waals surface area (Å²) in [5.41, 5.74) is 4.02. The van der Waals surface area contributed by atoms with Crippen molar-refractivity contribution in [3.05, 3.63) is 100 Å². The number of carbonyl (C=O) groups excluding carboxylic acids is 2. The van der Waals surface area contributed by atoms with Crippen molar-refractivity contribution in [3.63, 3.8) is 0 Å². The van der Waals surface area contributed by atoms with Crippen LogP contribution < -0.4 is 4.74 Å². The first-order valence-electron chi connectivity index (χ1n) is 11.4. The van der Waals surface area contributed by atoms with Gasteiger partial charge in [-0.1, -0.05) is 42.8 Å². The number of aryl methyl sites for hydroxylation is 2. The van der Waals surface area contributed by atoms with Gasteiger partial charge in [0.05, 0.1) is 18.2 Å². The molecule has 1 aromatic heterocycles. The van der Waals surface area contributed by atoms with Crippen molar-refractivity contribution in [1.82, 2.24) is 9.88 Å². The first-order valence-corrected chi connectivity index (χ1v) is 11.4. The van der Waals surface area contributed by atoms with Crippen LogP contribution in [0.25, 0.3) is 5.76 Å². The number of rotatable bonds is 7. The molecule has 4 rings (SSSR count). The summed E-state index contributed by atoms with van der Waals surface area (Å²) < 4.78 is 5.74. The number of hydrogen-bond donors (Lipinski definition) is 1. The lowest BCUT2D eigenvalue weighted by molar-refractivity contribution is -0.140. The van der Waals surface area contributed by atoms with Crippen molar-refractivity contribution >= 4 is 17.4 Å². The Morgan fingerprint density at radius 1 is 1.09 bits per heavy atom. The predicted molar refractivity (Wildman–Crippen MR) is 130 cm³/mol. The van der Waals surface area contributed by atoms with E-state index in [0.29, 0.717) is 12.2 Å². The molecular formula is C28H28N2O4. The first kappa shape index (κ1) is 23.2. The predicted octanol–water partition coefficient (Wildman–Crippen LogP) is 5.11. The van der Waals surface area contributed by atoms with Crippen LogP contribution in [-0.4, -0.2) is 33.3 Å². The normalized spacial score (nSPS) is 17.3. The van der Waals surface area contributed by atoms with E-state index < -0.39 is 17.7 Å². The van der Waals surface area contributed by atoms with E-state index in [-0.39, 0.29) is 17.9 Å². The fourth-order valence-corrected chi connectivity index (χ4v) is 4.15. The van der Waals surface area contributed by atoms with Crippen molar-refractivity contribution < 1.29 is 19.4 Å². The number of ether oxygens (including phenoxy) is 1. The van der Waals surface area contributed by atoms with Crippen LogP contribution >= 0.6 is 0 Å². The van der Waals surface area contributed by atoms with Gasteiger partial charge in [0.15, 0.2) is 0 Å². The molecule has 6 heteroatoms. The smallest absolute Gasteiger partial charge is 0.295 e. The lowest BCUT2D eigenvalue weighted by Gasteiger charge is -2.25. The number of ketones is 1. The first-order chi connectivity index (χ1) is 16.4. The minimum atomic E-state index is -0.711. The Morgan fingerprint density at radius 3 is 2.50 bits per heavy atom. The molecule has 174 valence electrons. The number of benzene rings is 2. The average Bonchev–Trinajstić information content (AvgIpc) is 3.09. The van der Waals surface area contributed by atoms with E-state index in [9.17, 15) is 14.7 Å². The second-order valence-electron chi connectivity index (χ2n) is 8.53. The van der Waals surface area contributed by atoms with Crippen LogP contribution in [0.1, 0.15) is 47.2 Å². The summed E-state index contributed by atoms with van der Waals surface area (Å²) in [6.07, 6.45) is 4.22. The van der Waals surface area contributed by atoms with Gasteiger partial charge in [-0.3, -0.25) is 14.6 Å². The zero-order chi connectivity index (χ0) is 24.2. The highest BCUT2D eigenvalue weighted by Gasteiger charge is 2.46. The molecule has 2 heterocycles. The number of aliphatic hydroxyl groups excluding tert-OH is 1. The van der Waals surface area contributed by atoms with Gasteiger partial charge in [0.2, 0.25) is 0 Å². The van der Waals surface area contributed by atoms with Crippen molar-refractivity contribution in [2.75, 3.05) is 6.61 Å². The SMILES string of the molecule is CCCOc1ccc(C(O)=C2C(=O)C(=O)N(Cc3cccnc3)C2c2ccc(C)cc2)cc1C. The molecule has 1 aliphatic heterocycles. The number of carbonyl (C=O) groups is 2. The van der Waals surface area contributed by atoms with Gasteiger partial charge in [0, 0.05) is 24.5 Å². The van der Waals surface area contributed by atoms with Crippen LogP contribution in [0.3, 0.4) is 0 Å². The van der Waals surface area contributed by atoms with Crippen LogP contribution in [0.15, 0.2) is 72.6 Å². The molecular weight excluding hydrogens is 428 g/mol. The lowest BCUT2D eigenvalue weighted by Crippen LogP contribution is -2.29. The van der Waals surface area contributed by atoms with Crippen molar-refractivity contribution in [3.8, 4) is 5.75 Å². The molecule has 1 amide bonds. The third-order valence-corrected chi connectivity index (χ3v) is 5.92. The third kappa shape index (κ3) is 4.57. The molecule has 2 aromatic carbocycles. The maximum absolute atomic E-state index is 13.2. The standard InChI is InChI=1S/C28H28N2O4/c1-4-14-34-23-12-11-22(15-19(23)3)26(31)24-25(21-9-7-18(2)8-10-21)30(28(33)27(24)32)17-20-6-5-13-29-16-20/h5-13,15-16,25,31H,4,14,17H2,1-3H3. The summed E-state index contributed by atoms with van der Waals surface area (Å²) in [4.78, 5) is 32.0. The van der Waals surface area contributed by atoms with Gasteiger partial charge < -0.3 is 14.7 Å². The van der Waals surface area contributed by atoms with E-state index in [1.165, 1.54) is 4.90 Å². The molecule has 1 unspecified atom stereocenters. The molecule has 0 aliphatic carbocycles. The van der Waals surface area contributed by atoms with Gasteiger partial charge >= 0.3 is 0 Å². The van der Waals surface area contributed by atoms with Gasteiger partial charge in [-0.25, -0.2) is 0 Å². The Hall–Kier alpha value is -3.93. The minimum Gasteiger partial charge on any atom is -0.507 e. The van der Waals surface area contributed by atoms with Gasteiger partial charge in [0.1, 0.15) is 11.5 Å². The van der Waals surface area contributed by atoms with Gasteiger partial charge in [-0.05, 0) is 61.2 Å². The number of pyridine rings is 1. The molecule has 1 N–H and O–H groups in total. The van der Waals surface area contributed by atoms with Crippen molar-refractivity contribution in [2.24, 2.45) is 0 Å². The number of Topliss-reactive ketones (excluding diaryl/α,β-unsaturated/α-hetero) is 1. The molecule has 6 nitrogen and oxygen atoms in total. The summed E-state index contributed by atoms with van der Waals surface area (Å²) in [5, 5.41) is 11.3. The molecule has 0 spiro atoms. The monoisotopic (exact) mass is 456 g/mol. The van der Waals surface area contributed by atoms with Crippen LogP contribution in [0, 0.1) is 13.8 Å². The molecule has 1 aliphatic rings. The number of aliphatic hydroxyl groups is 1. The molecule has 1 saturated heterocycles. The van der Waals surface area contributed by atoms with E-state index in [4.69, 9.17) is 4.74 Å². The van der Waals surface area contributed by atoms with E-state index in [0.717, 1.165) is 34.4 Å². The molecule has 1 fully saturated rings. The Balaban J connectivity index is 1.81. The maximum Gasteiger partial charge on any atom is 0.295 e. The number of nitrogens with zero attached hydrogens (tertiary/aromatic N) is 2. The van der Waals surface area contributed by atoms with Crippen LogP contribution in [-0.2, 0) is 16.1 Å². The van der Waals surface area contributed by atoms with Crippen molar-refractivity contribution in [1.29, 1.82) is 0 Å². The topological polar surface area (TPSA) is 79.7 Å². The average molecular weight is 457 g/mol. The highest BCUT2D eigenvalue weighted by atomic mass is 16.5. The fourth-order valence-electron chi connectivity index (χ4n) is 4.15. The number of likely N-dealkylation sites (tertiary alicyclic amines) is 1. The highest BCUT2D eigenvalue weighted by Crippen LogP contribution is 2.40. The Kier molecular flexibility index (Phi) is 6.77. The van der Waals surface area contributed by atoms with Gasteiger partial charge in [-0.2, -0.15) is 0 Å². The number of hydrogen-bond acceptors (Lipinski definition) is 5. The van der Waals surface area contributed by atoms with E-state index in [1.54, 1.807) is 36.7 Å². The summed E-state index contributed by atoms with van der Waals surface area (Å²) in [6.45, 7) is 6.70. The molecule has 0 saturated carbocycles. The van der Waals surface area contributed by atoms with E-state index >= 15 is 0 Å². The Labute approximate surface area is 199 Å². The quantitative estimate of drug-likeness (QED) is 0.304. The lowest BCUT2D eigenvalue weighted by atomic mass is 9.94. The number of amides is 1.